The maximum atomic E-state index is 10.2. The topological polar surface area (TPSA) is 52.5 Å². The third kappa shape index (κ3) is 3.28. The second kappa shape index (κ2) is 5.63. The second-order valence-electron chi connectivity index (χ2n) is 4.96. The number of nitrogens with one attached hydrogen (secondary N) is 1. The van der Waals surface area contributed by atoms with Crippen LogP contribution < -0.4 is 5.32 Å². The van der Waals surface area contributed by atoms with Gasteiger partial charge in [-0.25, -0.2) is 0 Å². The molecule has 17 heavy (non-hydrogen) atoms. The van der Waals surface area contributed by atoms with Crippen molar-refractivity contribution >= 4 is 0 Å². The van der Waals surface area contributed by atoms with Gasteiger partial charge in [0.15, 0.2) is 0 Å². The molecular formula is C14H21NO2. The molecule has 1 aromatic rings. The third-order valence-corrected chi connectivity index (χ3v) is 3.60. The first-order chi connectivity index (χ1) is 8.23. The van der Waals surface area contributed by atoms with Crippen LogP contribution in [0.25, 0.3) is 0 Å². The number of rotatable bonds is 5. The van der Waals surface area contributed by atoms with Gasteiger partial charge >= 0.3 is 0 Å². The van der Waals surface area contributed by atoms with Gasteiger partial charge in [-0.3, -0.25) is 0 Å². The van der Waals surface area contributed by atoms with Gasteiger partial charge in [-0.05, 0) is 18.4 Å². The van der Waals surface area contributed by atoms with E-state index < -0.39 is 5.60 Å². The highest BCUT2D eigenvalue weighted by Crippen LogP contribution is 2.29. The Morgan fingerprint density at radius 2 is 1.82 bits per heavy atom. The number of benzene rings is 1. The van der Waals surface area contributed by atoms with Crippen LogP contribution in [0.4, 0.5) is 0 Å². The number of hydrogen-bond acceptors (Lipinski definition) is 3. The highest BCUT2D eigenvalue weighted by molar-refractivity contribution is 5.19. The SMILES string of the molecule is OCC(NCC1(O)CCCC1)c1ccccc1. The van der Waals surface area contributed by atoms with Crippen molar-refractivity contribution < 1.29 is 10.2 Å². The Bertz CT molecular complexity index is 333. The lowest BCUT2D eigenvalue weighted by atomic mass is 10.0. The van der Waals surface area contributed by atoms with Crippen LogP contribution in [0, 0.1) is 0 Å². The maximum Gasteiger partial charge on any atom is 0.0771 e. The van der Waals surface area contributed by atoms with Crippen molar-refractivity contribution in [1.29, 1.82) is 0 Å². The number of aliphatic hydroxyl groups is 2. The summed E-state index contributed by atoms with van der Waals surface area (Å²) < 4.78 is 0. The summed E-state index contributed by atoms with van der Waals surface area (Å²) in [5, 5.41) is 22.9. The van der Waals surface area contributed by atoms with Gasteiger partial charge in [-0.1, -0.05) is 43.2 Å². The average molecular weight is 235 g/mol. The Labute approximate surface area is 102 Å². The van der Waals surface area contributed by atoms with Gasteiger partial charge < -0.3 is 15.5 Å². The van der Waals surface area contributed by atoms with Crippen LogP contribution in [0.5, 0.6) is 0 Å². The lowest BCUT2D eigenvalue weighted by Gasteiger charge is -2.26. The Morgan fingerprint density at radius 1 is 1.18 bits per heavy atom. The minimum absolute atomic E-state index is 0.0556. The van der Waals surface area contributed by atoms with E-state index in [0.29, 0.717) is 6.54 Å². The van der Waals surface area contributed by atoms with Crippen molar-refractivity contribution in [2.45, 2.75) is 37.3 Å². The molecule has 0 spiro atoms. The summed E-state index contributed by atoms with van der Waals surface area (Å²) in [6.07, 6.45) is 3.94. The van der Waals surface area contributed by atoms with E-state index in [9.17, 15) is 10.2 Å². The van der Waals surface area contributed by atoms with E-state index in [1.807, 2.05) is 30.3 Å². The van der Waals surface area contributed by atoms with Crippen LogP contribution in [0.3, 0.4) is 0 Å². The zero-order valence-electron chi connectivity index (χ0n) is 10.1. The molecule has 3 N–H and O–H groups in total. The molecule has 0 aliphatic heterocycles. The molecule has 94 valence electrons. The van der Waals surface area contributed by atoms with Crippen LogP contribution in [-0.2, 0) is 0 Å². The fourth-order valence-electron chi connectivity index (χ4n) is 2.50. The van der Waals surface area contributed by atoms with Gasteiger partial charge in [0, 0.05) is 6.54 Å². The molecule has 2 rings (SSSR count). The summed E-state index contributed by atoms with van der Waals surface area (Å²) in [6.45, 7) is 0.618. The molecular weight excluding hydrogens is 214 g/mol. The molecule has 3 nitrogen and oxygen atoms in total. The molecule has 0 aromatic heterocycles. The van der Waals surface area contributed by atoms with Gasteiger partial charge in [0.1, 0.15) is 0 Å². The quantitative estimate of drug-likeness (QED) is 0.727. The standard InChI is InChI=1S/C14H21NO2/c16-10-13(12-6-2-1-3-7-12)15-11-14(17)8-4-5-9-14/h1-3,6-7,13,15-17H,4-5,8-11H2. The lowest BCUT2D eigenvalue weighted by molar-refractivity contribution is 0.0423. The highest BCUT2D eigenvalue weighted by Gasteiger charge is 2.31. The van der Waals surface area contributed by atoms with Crippen LogP contribution >= 0.6 is 0 Å². The Balaban J connectivity index is 1.92. The zero-order valence-corrected chi connectivity index (χ0v) is 10.1. The summed E-state index contributed by atoms with van der Waals surface area (Å²) in [6, 6.07) is 9.79. The first-order valence-corrected chi connectivity index (χ1v) is 6.35. The van der Waals surface area contributed by atoms with Crippen molar-refractivity contribution in [1.82, 2.24) is 5.32 Å². The lowest BCUT2D eigenvalue weighted by Crippen LogP contribution is -2.40. The fourth-order valence-corrected chi connectivity index (χ4v) is 2.50. The van der Waals surface area contributed by atoms with E-state index >= 15 is 0 Å². The summed E-state index contributed by atoms with van der Waals surface area (Å²) in [4.78, 5) is 0. The summed E-state index contributed by atoms with van der Waals surface area (Å²) >= 11 is 0. The van der Waals surface area contributed by atoms with Gasteiger partial charge in [-0.2, -0.15) is 0 Å². The van der Waals surface area contributed by atoms with E-state index in [1.165, 1.54) is 0 Å². The molecule has 0 radical (unpaired) electrons. The predicted octanol–water partition coefficient (Wildman–Crippen LogP) is 1.61. The van der Waals surface area contributed by atoms with Crippen molar-refractivity contribution in [2.75, 3.05) is 13.2 Å². The van der Waals surface area contributed by atoms with Crippen molar-refractivity contribution in [3.63, 3.8) is 0 Å². The van der Waals surface area contributed by atoms with Gasteiger partial charge in [0.25, 0.3) is 0 Å². The Kier molecular flexibility index (Phi) is 4.15. The average Bonchev–Trinajstić information content (AvgIpc) is 2.79. The zero-order chi connectivity index (χ0) is 12.1. The minimum Gasteiger partial charge on any atom is -0.394 e. The highest BCUT2D eigenvalue weighted by atomic mass is 16.3. The Morgan fingerprint density at radius 3 is 2.41 bits per heavy atom. The van der Waals surface area contributed by atoms with Crippen LogP contribution in [0.2, 0.25) is 0 Å². The summed E-state index contributed by atoms with van der Waals surface area (Å²) in [5.41, 5.74) is 0.499. The smallest absolute Gasteiger partial charge is 0.0771 e. The van der Waals surface area contributed by atoms with Crippen molar-refractivity contribution in [2.24, 2.45) is 0 Å². The molecule has 1 fully saturated rings. The molecule has 1 atom stereocenters. The largest absolute Gasteiger partial charge is 0.394 e. The van der Waals surface area contributed by atoms with Crippen molar-refractivity contribution in [3.8, 4) is 0 Å². The van der Waals surface area contributed by atoms with Gasteiger partial charge in [0.2, 0.25) is 0 Å². The van der Waals surface area contributed by atoms with Gasteiger partial charge in [-0.15, -0.1) is 0 Å². The Hall–Kier alpha value is -0.900. The van der Waals surface area contributed by atoms with Gasteiger partial charge in [0.05, 0.1) is 18.2 Å². The molecule has 0 bridgehead atoms. The van der Waals surface area contributed by atoms with E-state index in [1.54, 1.807) is 0 Å². The number of hydrogen-bond donors (Lipinski definition) is 3. The first-order valence-electron chi connectivity index (χ1n) is 6.35. The predicted molar refractivity (Wildman–Crippen MR) is 67.7 cm³/mol. The van der Waals surface area contributed by atoms with E-state index in [2.05, 4.69) is 5.32 Å². The normalized spacial score (nSPS) is 20.4. The van der Waals surface area contributed by atoms with Crippen LogP contribution in [-0.4, -0.2) is 29.0 Å². The van der Waals surface area contributed by atoms with Crippen LogP contribution in [0.15, 0.2) is 30.3 Å². The molecule has 3 heteroatoms. The molecule has 1 aliphatic rings. The van der Waals surface area contributed by atoms with E-state index in [0.717, 1.165) is 31.2 Å². The molecule has 1 aromatic carbocycles. The summed E-state index contributed by atoms with van der Waals surface area (Å²) in [5.74, 6) is 0. The molecule has 1 saturated carbocycles. The minimum atomic E-state index is -0.567. The molecule has 1 aliphatic carbocycles. The monoisotopic (exact) mass is 235 g/mol. The molecule has 0 saturated heterocycles. The van der Waals surface area contributed by atoms with Crippen LogP contribution in [0.1, 0.15) is 37.3 Å². The fraction of sp³-hybridized carbons (Fsp3) is 0.571. The maximum absolute atomic E-state index is 10.2. The van der Waals surface area contributed by atoms with E-state index in [4.69, 9.17) is 0 Å². The second-order valence-corrected chi connectivity index (χ2v) is 4.96. The first kappa shape index (κ1) is 12.6. The molecule has 0 heterocycles. The number of aliphatic hydroxyl groups excluding tert-OH is 1. The third-order valence-electron chi connectivity index (χ3n) is 3.60. The van der Waals surface area contributed by atoms with E-state index in [-0.39, 0.29) is 12.6 Å². The molecule has 1 unspecified atom stereocenters. The summed E-state index contributed by atoms with van der Waals surface area (Å²) in [7, 11) is 0. The van der Waals surface area contributed by atoms with Crippen molar-refractivity contribution in [3.05, 3.63) is 35.9 Å². The molecule has 0 amide bonds.